The van der Waals surface area contributed by atoms with Gasteiger partial charge in [0, 0.05) is 43.2 Å². The lowest BCUT2D eigenvalue weighted by molar-refractivity contribution is -0.121. The van der Waals surface area contributed by atoms with Crippen LogP contribution in [0.4, 0.5) is 4.39 Å². The SMILES string of the molecule is CC(C)CNC(=O)CC(c1ccccc1F)c1cnc2n1CCCC2C. The molecule has 0 spiro atoms. The summed E-state index contributed by atoms with van der Waals surface area (Å²) in [5.41, 5.74) is 1.50. The molecule has 5 heteroatoms. The van der Waals surface area contributed by atoms with Crippen LogP contribution in [0.1, 0.15) is 69.0 Å². The molecule has 1 aromatic heterocycles. The maximum Gasteiger partial charge on any atom is 0.221 e. The molecule has 1 aliphatic heterocycles. The molecule has 1 amide bonds. The highest BCUT2D eigenvalue weighted by Crippen LogP contribution is 2.35. The van der Waals surface area contributed by atoms with Gasteiger partial charge in [-0.15, -0.1) is 0 Å². The van der Waals surface area contributed by atoms with Crippen LogP contribution in [0.15, 0.2) is 30.5 Å². The lowest BCUT2D eigenvalue weighted by atomic mass is 9.91. The zero-order valence-corrected chi connectivity index (χ0v) is 15.8. The molecule has 1 aliphatic rings. The summed E-state index contributed by atoms with van der Waals surface area (Å²) < 4.78 is 16.7. The summed E-state index contributed by atoms with van der Waals surface area (Å²) in [4.78, 5) is 17.1. The minimum absolute atomic E-state index is 0.0497. The fourth-order valence-electron chi connectivity index (χ4n) is 3.71. The second-order valence-corrected chi connectivity index (χ2v) is 7.71. The van der Waals surface area contributed by atoms with Crippen molar-refractivity contribution in [1.82, 2.24) is 14.9 Å². The van der Waals surface area contributed by atoms with Gasteiger partial charge in [0.25, 0.3) is 0 Å². The van der Waals surface area contributed by atoms with Crippen LogP contribution in [-0.4, -0.2) is 22.0 Å². The zero-order chi connectivity index (χ0) is 18.7. The molecule has 2 atom stereocenters. The van der Waals surface area contributed by atoms with Gasteiger partial charge < -0.3 is 9.88 Å². The van der Waals surface area contributed by atoms with Gasteiger partial charge in [0.15, 0.2) is 0 Å². The molecular weight excluding hydrogens is 329 g/mol. The Kier molecular flexibility index (Phi) is 5.74. The molecule has 3 rings (SSSR count). The molecule has 0 saturated carbocycles. The van der Waals surface area contributed by atoms with E-state index in [4.69, 9.17) is 0 Å². The predicted octanol–water partition coefficient (Wildman–Crippen LogP) is 4.21. The molecule has 0 radical (unpaired) electrons. The third kappa shape index (κ3) is 3.97. The van der Waals surface area contributed by atoms with Gasteiger partial charge in [-0.1, -0.05) is 39.0 Å². The van der Waals surface area contributed by atoms with Crippen molar-refractivity contribution in [2.24, 2.45) is 5.92 Å². The first-order chi connectivity index (χ1) is 12.5. The smallest absolute Gasteiger partial charge is 0.221 e. The average molecular weight is 357 g/mol. The number of hydrogen-bond acceptors (Lipinski definition) is 2. The Bertz CT molecular complexity index is 768. The highest BCUT2D eigenvalue weighted by Gasteiger charge is 2.28. The summed E-state index contributed by atoms with van der Waals surface area (Å²) in [6.07, 6.45) is 4.27. The molecule has 26 heavy (non-hydrogen) atoms. The molecule has 0 aliphatic carbocycles. The van der Waals surface area contributed by atoms with E-state index in [9.17, 15) is 9.18 Å². The first-order valence-electron chi connectivity index (χ1n) is 9.53. The molecule has 1 aromatic carbocycles. The molecule has 0 fully saturated rings. The number of carbonyl (C=O) groups excluding carboxylic acids is 1. The van der Waals surface area contributed by atoms with Gasteiger partial charge in [0.2, 0.25) is 5.91 Å². The Morgan fingerprint density at radius 1 is 1.38 bits per heavy atom. The maximum atomic E-state index is 14.5. The molecular formula is C21H28FN3O. The zero-order valence-electron chi connectivity index (χ0n) is 15.8. The Morgan fingerprint density at radius 3 is 2.88 bits per heavy atom. The number of nitrogens with one attached hydrogen (secondary N) is 1. The van der Waals surface area contributed by atoms with Crippen LogP contribution < -0.4 is 5.32 Å². The first kappa shape index (κ1) is 18.6. The van der Waals surface area contributed by atoms with Crippen LogP contribution in [-0.2, 0) is 11.3 Å². The lowest BCUT2D eigenvalue weighted by Crippen LogP contribution is -2.29. The highest BCUT2D eigenvalue weighted by molar-refractivity contribution is 5.77. The van der Waals surface area contributed by atoms with Crippen molar-refractivity contribution < 1.29 is 9.18 Å². The Morgan fingerprint density at radius 2 is 2.15 bits per heavy atom. The lowest BCUT2D eigenvalue weighted by Gasteiger charge is -2.25. The number of fused-ring (bicyclic) bond motifs is 1. The number of amides is 1. The normalized spacial score (nSPS) is 17.8. The quantitative estimate of drug-likeness (QED) is 0.842. The van der Waals surface area contributed by atoms with Gasteiger partial charge in [0.05, 0.1) is 0 Å². The van der Waals surface area contributed by atoms with Crippen molar-refractivity contribution in [2.75, 3.05) is 6.54 Å². The minimum atomic E-state index is -0.324. The van der Waals surface area contributed by atoms with E-state index in [-0.39, 0.29) is 24.1 Å². The molecule has 140 valence electrons. The van der Waals surface area contributed by atoms with E-state index in [1.54, 1.807) is 12.1 Å². The molecule has 2 aromatic rings. The number of nitrogens with zero attached hydrogens (tertiary/aromatic N) is 2. The van der Waals surface area contributed by atoms with Gasteiger partial charge >= 0.3 is 0 Å². The van der Waals surface area contributed by atoms with E-state index in [2.05, 4.69) is 35.6 Å². The largest absolute Gasteiger partial charge is 0.356 e. The third-order valence-electron chi connectivity index (χ3n) is 5.11. The minimum Gasteiger partial charge on any atom is -0.356 e. The topological polar surface area (TPSA) is 46.9 Å². The van der Waals surface area contributed by atoms with Crippen molar-refractivity contribution in [2.45, 2.75) is 58.4 Å². The van der Waals surface area contributed by atoms with E-state index in [1.165, 1.54) is 6.07 Å². The van der Waals surface area contributed by atoms with E-state index >= 15 is 0 Å². The Balaban J connectivity index is 1.94. The van der Waals surface area contributed by atoms with Crippen LogP contribution in [0.3, 0.4) is 0 Å². The van der Waals surface area contributed by atoms with E-state index in [0.29, 0.717) is 23.9 Å². The standard InChI is InChI=1S/C21H28FN3O/c1-14(2)12-23-20(26)11-17(16-8-4-5-9-18(16)22)19-13-24-21-15(3)7-6-10-25(19)21/h4-5,8-9,13-15,17H,6-7,10-12H2,1-3H3,(H,23,26). The number of rotatable bonds is 6. The summed E-state index contributed by atoms with van der Waals surface area (Å²) in [5.74, 6) is 1.19. The van der Waals surface area contributed by atoms with Crippen molar-refractivity contribution in [3.63, 3.8) is 0 Å². The number of carbonyl (C=O) groups is 1. The van der Waals surface area contributed by atoms with Gasteiger partial charge in [-0.3, -0.25) is 4.79 Å². The summed E-state index contributed by atoms with van der Waals surface area (Å²) in [5, 5.41) is 2.96. The molecule has 2 heterocycles. The van der Waals surface area contributed by atoms with Crippen LogP contribution in [0.2, 0.25) is 0 Å². The maximum absolute atomic E-state index is 14.5. The average Bonchev–Trinajstić information content (AvgIpc) is 3.04. The predicted molar refractivity (Wildman–Crippen MR) is 101 cm³/mol. The second kappa shape index (κ2) is 8.02. The Hall–Kier alpha value is -2.17. The summed E-state index contributed by atoms with van der Waals surface area (Å²) >= 11 is 0. The van der Waals surface area contributed by atoms with Crippen molar-refractivity contribution in [3.8, 4) is 0 Å². The summed E-state index contributed by atoms with van der Waals surface area (Å²) in [6, 6.07) is 6.75. The highest BCUT2D eigenvalue weighted by atomic mass is 19.1. The van der Waals surface area contributed by atoms with E-state index < -0.39 is 0 Å². The van der Waals surface area contributed by atoms with Crippen molar-refractivity contribution >= 4 is 5.91 Å². The molecule has 0 saturated heterocycles. The Labute approximate surface area is 154 Å². The number of hydrogen-bond donors (Lipinski definition) is 1. The fraction of sp³-hybridized carbons (Fsp3) is 0.524. The fourth-order valence-corrected chi connectivity index (χ4v) is 3.71. The van der Waals surface area contributed by atoms with E-state index in [1.807, 2.05) is 12.3 Å². The van der Waals surface area contributed by atoms with Gasteiger partial charge in [0.1, 0.15) is 11.6 Å². The molecule has 2 unspecified atom stereocenters. The van der Waals surface area contributed by atoms with Crippen molar-refractivity contribution in [3.05, 3.63) is 53.4 Å². The van der Waals surface area contributed by atoms with Crippen LogP contribution in [0, 0.1) is 11.7 Å². The monoisotopic (exact) mass is 357 g/mol. The molecule has 1 N–H and O–H groups in total. The van der Waals surface area contributed by atoms with Crippen molar-refractivity contribution in [1.29, 1.82) is 0 Å². The second-order valence-electron chi connectivity index (χ2n) is 7.71. The number of benzene rings is 1. The van der Waals surface area contributed by atoms with Crippen LogP contribution >= 0.6 is 0 Å². The molecule has 4 nitrogen and oxygen atoms in total. The first-order valence-corrected chi connectivity index (χ1v) is 9.53. The molecule has 0 bridgehead atoms. The van der Waals surface area contributed by atoms with Gasteiger partial charge in [-0.2, -0.15) is 0 Å². The van der Waals surface area contributed by atoms with Gasteiger partial charge in [-0.05, 0) is 30.4 Å². The summed E-state index contributed by atoms with van der Waals surface area (Å²) in [7, 11) is 0. The summed E-state index contributed by atoms with van der Waals surface area (Å²) in [6.45, 7) is 7.81. The number of aromatic nitrogens is 2. The van der Waals surface area contributed by atoms with E-state index in [0.717, 1.165) is 30.9 Å². The van der Waals surface area contributed by atoms with Crippen LogP contribution in [0.5, 0.6) is 0 Å². The number of halogens is 1. The van der Waals surface area contributed by atoms with Crippen LogP contribution in [0.25, 0.3) is 0 Å². The number of imidazole rings is 1. The third-order valence-corrected chi connectivity index (χ3v) is 5.11. The van der Waals surface area contributed by atoms with Gasteiger partial charge in [-0.25, -0.2) is 9.37 Å².